The van der Waals surface area contributed by atoms with Gasteiger partial charge in [0.2, 0.25) is 5.91 Å². The first-order valence-corrected chi connectivity index (χ1v) is 8.48. The number of hydrogen-bond acceptors (Lipinski definition) is 6. The van der Waals surface area contributed by atoms with Crippen LogP contribution in [0.25, 0.3) is 10.2 Å². The van der Waals surface area contributed by atoms with E-state index in [1.165, 1.54) is 23.1 Å². The second kappa shape index (κ2) is 6.17. The molecule has 0 spiro atoms. The highest BCUT2D eigenvalue weighted by molar-refractivity contribution is 7.99. The van der Waals surface area contributed by atoms with Gasteiger partial charge in [-0.15, -0.1) is 11.3 Å². The van der Waals surface area contributed by atoms with Crippen LogP contribution in [-0.4, -0.2) is 52.8 Å². The van der Waals surface area contributed by atoms with Crippen molar-refractivity contribution in [3.05, 3.63) is 21.3 Å². The van der Waals surface area contributed by atoms with Crippen LogP contribution in [0.3, 0.4) is 0 Å². The molecule has 0 aliphatic carbocycles. The normalized spacial score (nSPS) is 15.6. The van der Waals surface area contributed by atoms with E-state index >= 15 is 0 Å². The third-order valence-corrected chi connectivity index (χ3v) is 5.15. The van der Waals surface area contributed by atoms with Gasteiger partial charge in [-0.2, -0.15) is 0 Å². The van der Waals surface area contributed by atoms with Crippen molar-refractivity contribution in [2.24, 2.45) is 0 Å². The molecule has 1 aliphatic heterocycles. The van der Waals surface area contributed by atoms with Crippen LogP contribution in [0.2, 0.25) is 0 Å². The maximum absolute atomic E-state index is 12.1. The molecule has 3 heterocycles. The van der Waals surface area contributed by atoms with Crippen LogP contribution >= 0.6 is 23.1 Å². The Balaban J connectivity index is 1.70. The zero-order valence-corrected chi connectivity index (χ0v) is 13.2. The van der Waals surface area contributed by atoms with Crippen molar-refractivity contribution in [3.63, 3.8) is 0 Å². The number of amides is 1. The van der Waals surface area contributed by atoms with Crippen LogP contribution in [0.4, 0.5) is 0 Å². The van der Waals surface area contributed by atoms with Crippen molar-refractivity contribution in [1.29, 1.82) is 0 Å². The largest absolute Gasteiger partial charge is 0.378 e. The molecule has 21 heavy (non-hydrogen) atoms. The molecule has 0 atom stereocenters. The molecule has 0 saturated carbocycles. The highest BCUT2D eigenvalue weighted by atomic mass is 32.2. The Bertz CT molecular complexity index is 719. The minimum absolute atomic E-state index is 0.0495. The van der Waals surface area contributed by atoms with Crippen molar-refractivity contribution in [2.45, 2.75) is 12.1 Å². The van der Waals surface area contributed by atoms with E-state index in [2.05, 4.69) is 9.97 Å². The van der Waals surface area contributed by atoms with Crippen molar-refractivity contribution >= 4 is 39.2 Å². The van der Waals surface area contributed by atoms with E-state index in [9.17, 15) is 9.59 Å². The van der Waals surface area contributed by atoms with Gasteiger partial charge in [0.05, 0.1) is 24.4 Å². The average molecular weight is 325 g/mol. The summed E-state index contributed by atoms with van der Waals surface area (Å²) in [5.41, 5.74) is 0.796. The summed E-state index contributed by atoms with van der Waals surface area (Å²) in [6.45, 7) is 4.33. The SMILES string of the molecule is Cc1csc2nc(SCC(=O)N3CCOCC3)[nH]c(=O)c12. The third-order valence-electron chi connectivity index (χ3n) is 3.30. The summed E-state index contributed by atoms with van der Waals surface area (Å²) >= 11 is 2.72. The van der Waals surface area contributed by atoms with Crippen molar-refractivity contribution < 1.29 is 9.53 Å². The van der Waals surface area contributed by atoms with Crippen molar-refractivity contribution in [1.82, 2.24) is 14.9 Å². The van der Waals surface area contributed by atoms with Gasteiger partial charge >= 0.3 is 0 Å². The van der Waals surface area contributed by atoms with Gasteiger partial charge in [-0.05, 0) is 17.9 Å². The molecule has 1 saturated heterocycles. The number of aryl methyl sites for hydroxylation is 1. The summed E-state index contributed by atoms with van der Waals surface area (Å²) in [6, 6.07) is 0. The van der Waals surface area contributed by atoms with Gasteiger partial charge in [0.1, 0.15) is 4.83 Å². The Kier molecular flexibility index (Phi) is 4.27. The molecule has 1 fully saturated rings. The first kappa shape index (κ1) is 14.6. The van der Waals surface area contributed by atoms with Crippen LogP contribution in [0.15, 0.2) is 15.3 Å². The lowest BCUT2D eigenvalue weighted by atomic mass is 10.3. The lowest BCUT2D eigenvalue weighted by molar-refractivity contribution is -0.132. The van der Waals surface area contributed by atoms with Gasteiger partial charge in [0.15, 0.2) is 5.16 Å². The van der Waals surface area contributed by atoms with Gasteiger partial charge in [-0.25, -0.2) is 4.98 Å². The first-order chi connectivity index (χ1) is 10.1. The number of aromatic nitrogens is 2. The standard InChI is InChI=1S/C13H15N3O3S2/c1-8-6-20-12-10(8)11(18)14-13(15-12)21-7-9(17)16-2-4-19-5-3-16/h6H,2-5,7H2,1H3,(H,14,15,18). The van der Waals surface area contributed by atoms with Gasteiger partial charge in [-0.1, -0.05) is 11.8 Å². The quantitative estimate of drug-likeness (QED) is 0.679. The van der Waals surface area contributed by atoms with Crippen LogP contribution in [0.1, 0.15) is 5.56 Å². The van der Waals surface area contributed by atoms with E-state index < -0.39 is 0 Å². The summed E-state index contributed by atoms with van der Waals surface area (Å²) < 4.78 is 5.22. The van der Waals surface area contributed by atoms with Gasteiger partial charge < -0.3 is 14.6 Å². The maximum Gasteiger partial charge on any atom is 0.260 e. The van der Waals surface area contributed by atoms with Crippen LogP contribution in [0.5, 0.6) is 0 Å². The molecule has 6 nitrogen and oxygen atoms in total. The number of fused-ring (bicyclic) bond motifs is 1. The monoisotopic (exact) mass is 325 g/mol. The molecule has 0 bridgehead atoms. The predicted molar refractivity (Wildman–Crippen MR) is 83.1 cm³/mol. The zero-order valence-electron chi connectivity index (χ0n) is 11.5. The Morgan fingerprint density at radius 2 is 2.29 bits per heavy atom. The molecular weight excluding hydrogens is 310 g/mol. The molecular formula is C13H15N3O3S2. The molecule has 112 valence electrons. The molecule has 0 aromatic carbocycles. The summed E-state index contributed by atoms with van der Waals surface area (Å²) in [4.78, 5) is 33.7. The summed E-state index contributed by atoms with van der Waals surface area (Å²) in [5, 5.41) is 3.06. The number of thiophene rings is 1. The Labute approximate surface area is 129 Å². The number of H-pyrrole nitrogens is 1. The number of hydrogen-bond donors (Lipinski definition) is 1. The van der Waals surface area contributed by atoms with Crippen molar-refractivity contribution in [3.8, 4) is 0 Å². The summed E-state index contributed by atoms with van der Waals surface area (Å²) in [6.07, 6.45) is 0. The van der Waals surface area contributed by atoms with Crippen LogP contribution < -0.4 is 5.56 Å². The molecule has 1 aliphatic rings. The van der Waals surface area contributed by atoms with E-state index in [4.69, 9.17) is 4.74 Å². The number of aromatic amines is 1. The highest BCUT2D eigenvalue weighted by Crippen LogP contribution is 2.22. The zero-order chi connectivity index (χ0) is 14.8. The maximum atomic E-state index is 12.1. The fraction of sp³-hybridized carbons (Fsp3) is 0.462. The van der Waals surface area contributed by atoms with Gasteiger partial charge in [-0.3, -0.25) is 9.59 Å². The fourth-order valence-corrected chi connectivity index (χ4v) is 3.91. The van der Waals surface area contributed by atoms with Gasteiger partial charge in [0.25, 0.3) is 5.56 Å². The van der Waals surface area contributed by atoms with Crippen LogP contribution in [-0.2, 0) is 9.53 Å². The van der Waals surface area contributed by atoms with E-state index in [0.717, 1.165) is 10.4 Å². The number of morpholine rings is 1. The third kappa shape index (κ3) is 3.12. The minimum Gasteiger partial charge on any atom is -0.378 e. The fourth-order valence-electron chi connectivity index (χ4n) is 2.17. The number of thioether (sulfide) groups is 1. The minimum atomic E-state index is -0.139. The number of carbonyl (C=O) groups is 1. The number of ether oxygens (including phenoxy) is 1. The number of nitrogens with zero attached hydrogens (tertiary/aromatic N) is 2. The molecule has 1 amide bonds. The number of nitrogens with one attached hydrogen (secondary N) is 1. The Morgan fingerprint density at radius 1 is 1.52 bits per heavy atom. The van der Waals surface area contributed by atoms with E-state index in [-0.39, 0.29) is 17.2 Å². The molecule has 0 radical (unpaired) electrons. The topological polar surface area (TPSA) is 75.3 Å². The summed E-state index contributed by atoms with van der Waals surface area (Å²) in [5.74, 6) is 0.326. The Hall–Kier alpha value is -1.38. The number of rotatable bonds is 3. The smallest absolute Gasteiger partial charge is 0.260 e. The lowest BCUT2D eigenvalue weighted by Crippen LogP contribution is -2.41. The first-order valence-electron chi connectivity index (χ1n) is 6.61. The molecule has 2 aromatic heterocycles. The van der Waals surface area contributed by atoms with Gasteiger partial charge in [0, 0.05) is 13.1 Å². The molecule has 2 aromatic rings. The highest BCUT2D eigenvalue weighted by Gasteiger charge is 2.17. The lowest BCUT2D eigenvalue weighted by Gasteiger charge is -2.26. The summed E-state index contributed by atoms with van der Waals surface area (Å²) in [7, 11) is 0. The predicted octanol–water partition coefficient (Wildman–Crippen LogP) is 1.24. The average Bonchev–Trinajstić information content (AvgIpc) is 2.87. The van der Waals surface area contributed by atoms with E-state index in [1.54, 1.807) is 4.90 Å². The van der Waals surface area contributed by atoms with Crippen molar-refractivity contribution in [2.75, 3.05) is 32.1 Å². The molecule has 1 N–H and O–H groups in total. The molecule has 0 unspecified atom stereocenters. The second-order valence-corrected chi connectivity index (χ2v) is 6.57. The second-order valence-electron chi connectivity index (χ2n) is 4.75. The van der Waals surface area contributed by atoms with Crippen LogP contribution in [0, 0.1) is 6.92 Å². The molecule has 3 rings (SSSR count). The van der Waals surface area contributed by atoms with E-state index in [1.807, 2.05) is 12.3 Å². The number of carbonyl (C=O) groups excluding carboxylic acids is 1. The Morgan fingerprint density at radius 3 is 3.05 bits per heavy atom. The van der Waals surface area contributed by atoms with E-state index in [0.29, 0.717) is 36.8 Å². The molecule has 8 heteroatoms.